The normalized spacial score (nSPS) is 37.7. The molecule has 266 valence electrons. The van der Waals surface area contributed by atoms with Crippen LogP contribution in [-0.2, 0) is 23.8 Å². The van der Waals surface area contributed by atoms with Gasteiger partial charge in [-0.2, -0.15) is 0 Å². The fraction of sp³-hybridized carbons (Fsp3) is 0.833. The second-order valence-corrected chi connectivity index (χ2v) is 14.5. The van der Waals surface area contributed by atoms with Crippen molar-refractivity contribution in [3.05, 3.63) is 23.8 Å². The maximum atomic E-state index is 13.5. The predicted octanol–water partition coefficient (Wildman–Crippen LogP) is 3.75. The van der Waals surface area contributed by atoms with Crippen LogP contribution in [0.1, 0.15) is 73.6 Å². The molecule has 0 bridgehead atoms. The van der Waals surface area contributed by atoms with Crippen molar-refractivity contribution in [3.63, 3.8) is 0 Å². The molecule has 2 aliphatic heterocycles. The van der Waals surface area contributed by atoms with Gasteiger partial charge in [0.05, 0.1) is 24.7 Å². The predicted molar refractivity (Wildman–Crippen MR) is 182 cm³/mol. The first-order valence-corrected chi connectivity index (χ1v) is 17.3. The zero-order valence-electron chi connectivity index (χ0n) is 30.5. The summed E-state index contributed by atoms with van der Waals surface area (Å²) in [7, 11) is 10.0. The summed E-state index contributed by atoms with van der Waals surface area (Å²) in [6.07, 6.45) is 3.83. The second-order valence-electron chi connectivity index (χ2n) is 14.5. The Kier molecular flexibility index (Phi) is 17.1. The lowest BCUT2D eigenvalue weighted by atomic mass is 9.79. The Morgan fingerprint density at radius 1 is 0.957 bits per heavy atom. The van der Waals surface area contributed by atoms with E-state index in [9.17, 15) is 19.8 Å². The minimum absolute atomic E-state index is 0.0270. The van der Waals surface area contributed by atoms with Gasteiger partial charge >= 0.3 is 5.97 Å². The molecule has 0 aromatic heterocycles. The van der Waals surface area contributed by atoms with Gasteiger partial charge in [-0.25, -0.2) is 0 Å². The number of rotatable bonds is 10. The van der Waals surface area contributed by atoms with Crippen LogP contribution in [-0.4, -0.2) is 134 Å². The van der Waals surface area contributed by atoms with Gasteiger partial charge in [-0.05, 0) is 93.3 Å². The summed E-state index contributed by atoms with van der Waals surface area (Å²) in [6, 6.07) is -0.166. The van der Waals surface area contributed by atoms with Gasteiger partial charge in [0.1, 0.15) is 12.2 Å². The molecule has 10 heteroatoms. The van der Waals surface area contributed by atoms with Crippen molar-refractivity contribution in [2.45, 2.75) is 116 Å². The maximum absolute atomic E-state index is 13.5. The number of cyclic esters (lactones) is 1. The van der Waals surface area contributed by atoms with E-state index < -0.39 is 36.5 Å². The summed E-state index contributed by atoms with van der Waals surface area (Å²) in [5.74, 6) is -1.48. The number of likely N-dealkylation sites (N-methyl/N-ethyl adjacent to an activating group) is 3. The van der Waals surface area contributed by atoms with Crippen molar-refractivity contribution in [2.75, 3.05) is 54.9 Å². The topological polar surface area (TPSA) is 112 Å². The molecule has 1 saturated heterocycles. The van der Waals surface area contributed by atoms with Gasteiger partial charge in [-0.3, -0.25) is 9.59 Å². The first-order chi connectivity index (χ1) is 21.5. The van der Waals surface area contributed by atoms with E-state index in [4.69, 9.17) is 14.2 Å². The molecule has 0 radical (unpaired) electrons. The van der Waals surface area contributed by atoms with Crippen molar-refractivity contribution in [1.29, 1.82) is 0 Å². The van der Waals surface area contributed by atoms with Crippen LogP contribution in [0.25, 0.3) is 0 Å². The zero-order chi connectivity index (χ0) is 34.7. The third-order valence-electron chi connectivity index (χ3n) is 9.79. The smallest absolute Gasteiger partial charge is 0.308 e. The Morgan fingerprint density at radius 2 is 1.63 bits per heavy atom. The molecule has 0 saturated carbocycles. The highest BCUT2D eigenvalue weighted by Crippen LogP contribution is 2.34. The summed E-state index contributed by atoms with van der Waals surface area (Å²) < 4.78 is 18.8. The minimum atomic E-state index is -1.06. The zero-order valence-corrected chi connectivity index (χ0v) is 30.5. The van der Waals surface area contributed by atoms with Gasteiger partial charge in [0.15, 0.2) is 12.1 Å². The Bertz CT molecular complexity index is 1000. The van der Waals surface area contributed by atoms with E-state index in [1.165, 1.54) is 0 Å². The fourth-order valence-electron chi connectivity index (χ4n) is 6.64. The number of allylic oxidation sites excluding steroid dienone is 3. The average molecular weight is 652 g/mol. The molecule has 0 spiro atoms. The van der Waals surface area contributed by atoms with Crippen LogP contribution in [0.3, 0.4) is 0 Å². The Balaban J connectivity index is 2.54. The van der Waals surface area contributed by atoms with Gasteiger partial charge < -0.3 is 39.1 Å². The SMILES string of the molecule is CC[C@H]1OC(=O)CC(O)[C@H](C)[C@@H](O[C@@H]2O[C@H](C)C[C@H](N(C)C)[C@H]2O)[C@@H](CCN(C)CCN(C)C)C[C@@H](C)C(=O)/C=C/C(C)=C/[C@@H]1C. The number of ether oxygens (including phenoxy) is 3. The molecule has 0 aliphatic carbocycles. The summed E-state index contributed by atoms with van der Waals surface area (Å²) >= 11 is 0. The maximum Gasteiger partial charge on any atom is 0.308 e. The first-order valence-electron chi connectivity index (χ1n) is 17.3. The van der Waals surface area contributed by atoms with Crippen LogP contribution in [0.4, 0.5) is 0 Å². The summed E-state index contributed by atoms with van der Waals surface area (Å²) in [5, 5.41) is 22.9. The fourth-order valence-corrected chi connectivity index (χ4v) is 6.64. The number of carbonyl (C=O) groups excluding carboxylic acids is 2. The monoisotopic (exact) mass is 651 g/mol. The van der Waals surface area contributed by atoms with Gasteiger partial charge in [0.2, 0.25) is 0 Å². The van der Waals surface area contributed by atoms with E-state index in [1.807, 2.05) is 86.8 Å². The number of ketones is 1. The molecular formula is C36H65N3O7. The van der Waals surface area contributed by atoms with Crippen LogP contribution in [0.15, 0.2) is 23.8 Å². The van der Waals surface area contributed by atoms with Crippen LogP contribution >= 0.6 is 0 Å². The molecular weight excluding hydrogens is 586 g/mol. The third kappa shape index (κ3) is 12.7. The highest BCUT2D eigenvalue weighted by atomic mass is 16.7. The standard InChI is InChI=1S/C36H65N3O7/c1-12-32-25(4)19-23(2)13-14-30(40)24(3)20-28(15-16-39(11)18-17-37(7)8)35(27(6)31(41)22-33(42)45-32)46-36-34(43)29(38(9)10)21-26(5)44-36/h13-14,19,24-29,31-32,34-36,41,43H,12,15-18,20-22H2,1-11H3/b14-13+,23-19+/t24-,25+,26-,27+,28+,29+,31?,32-,34-,35-,36+/m1/s1. The molecule has 1 unspecified atom stereocenters. The number of hydrogen-bond acceptors (Lipinski definition) is 10. The lowest BCUT2D eigenvalue weighted by molar-refractivity contribution is -0.283. The lowest BCUT2D eigenvalue weighted by Gasteiger charge is -2.44. The van der Waals surface area contributed by atoms with Gasteiger partial charge in [0, 0.05) is 36.9 Å². The number of nitrogens with zero attached hydrogens (tertiary/aromatic N) is 3. The van der Waals surface area contributed by atoms with Crippen molar-refractivity contribution in [2.24, 2.45) is 23.7 Å². The molecule has 46 heavy (non-hydrogen) atoms. The van der Waals surface area contributed by atoms with E-state index in [2.05, 4.69) is 16.8 Å². The highest BCUT2D eigenvalue weighted by molar-refractivity contribution is 5.91. The van der Waals surface area contributed by atoms with Crippen molar-refractivity contribution < 1.29 is 34.0 Å². The minimum Gasteiger partial charge on any atom is -0.462 e. The molecule has 1 fully saturated rings. The Hall–Kier alpha value is -1.66. The molecule has 11 atom stereocenters. The van der Waals surface area contributed by atoms with Crippen LogP contribution in [0, 0.1) is 23.7 Å². The van der Waals surface area contributed by atoms with Crippen molar-refractivity contribution in [3.8, 4) is 0 Å². The van der Waals surface area contributed by atoms with Crippen LogP contribution < -0.4 is 0 Å². The molecule has 2 N–H and O–H groups in total. The van der Waals surface area contributed by atoms with Gasteiger partial charge in [-0.1, -0.05) is 45.4 Å². The van der Waals surface area contributed by atoms with E-state index in [1.54, 1.807) is 6.08 Å². The molecule has 0 aromatic carbocycles. The van der Waals surface area contributed by atoms with E-state index in [0.29, 0.717) is 25.7 Å². The molecule has 2 rings (SSSR count). The van der Waals surface area contributed by atoms with E-state index >= 15 is 0 Å². The molecule has 10 nitrogen and oxygen atoms in total. The first kappa shape index (κ1) is 40.5. The number of aliphatic hydroxyl groups is 2. The third-order valence-corrected chi connectivity index (χ3v) is 9.79. The summed E-state index contributed by atoms with van der Waals surface area (Å²) in [5.41, 5.74) is 0.927. The van der Waals surface area contributed by atoms with E-state index in [0.717, 1.165) is 25.2 Å². The number of aliphatic hydroxyl groups excluding tert-OH is 2. The van der Waals surface area contributed by atoms with Crippen LogP contribution in [0.2, 0.25) is 0 Å². The summed E-state index contributed by atoms with van der Waals surface area (Å²) in [4.78, 5) is 33.0. The lowest BCUT2D eigenvalue weighted by Crippen LogP contribution is -2.56. The molecule has 2 heterocycles. The number of esters is 1. The molecule has 0 aromatic rings. The Morgan fingerprint density at radius 3 is 2.24 bits per heavy atom. The average Bonchev–Trinajstić information content (AvgIpc) is 2.98. The second kappa shape index (κ2) is 19.4. The van der Waals surface area contributed by atoms with E-state index in [-0.39, 0.29) is 48.2 Å². The molecule has 0 amide bonds. The molecule has 2 aliphatic rings. The highest BCUT2D eigenvalue weighted by Gasteiger charge is 2.43. The van der Waals surface area contributed by atoms with Crippen LogP contribution in [0.5, 0.6) is 0 Å². The number of hydrogen-bond donors (Lipinski definition) is 2. The van der Waals surface area contributed by atoms with Gasteiger partial charge in [0.25, 0.3) is 0 Å². The quantitative estimate of drug-likeness (QED) is 0.339. The van der Waals surface area contributed by atoms with Crippen molar-refractivity contribution in [1.82, 2.24) is 14.7 Å². The van der Waals surface area contributed by atoms with Gasteiger partial charge in [-0.15, -0.1) is 0 Å². The summed E-state index contributed by atoms with van der Waals surface area (Å²) in [6.45, 7) is 14.2. The Labute approximate surface area is 279 Å². The van der Waals surface area contributed by atoms with Crippen molar-refractivity contribution >= 4 is 11.8 Å². The largest absolute Gasteiger partial charge is 0.462 e. The number of carbonyl (C=O) groups is 2.